The van der Waals surface area contributed by atoms with E-state index < -0.39 is 18.1 Å². The van der Waals surface area contributed by atoms with E-state index in [1.54, 1.807) is 0 Å². The van der Waals surface area contributed by atoms with E-state index in [0.29, 0.717) is 5.92 Å². The van der Waals surface area contributed by atoms with Crippen molar-refractivity contribution in [3.63, 3.8) is 0 Å². The van der Waals surface area contributed by atoms with Crippen molar-refractivity contribution in [2.45, 2.75) is 128 Å². The maximum atomic E-state index is 16.1. The van der Waals surface area contributed by atoms with Crippen LogP contribution in [0.15, 0.2) is 12.7 Å². The molecule has 1 unspecified atom stereocenters. The van der Waals surface area contributed by atoms with Crippen LogP contribution in [0.4, 0.5) is 8.78 Å². The SMILES string of the molecule is C=CC1CCC(C2CCC([C@@]3(F)C(C4CCC(CCCCC)CC4)O[C@@H]3F)CC2)CC1. The monoisotopic (exact) mass is 436 g/mol. The molecule has 3 saturated carbocycles. The molecule has 0 bridgehead atoms. The van der Waals surface area contributed by atoms with E-state index in [2.05, 4.69) is 19.6 Å². The molecule has 1 saturated heterocycles. The molecule has 31 heavy (non-hydrogen) atoms. The first kappa shape index (κ1) is 23.7. The summed E-state index contributed by atoms with van der Waals surface area (Å²) in [5.41, 5.74) is -1.72. The zero-order valence-electron chi connectivity index (χ0n) is 19.9. The predicted octanol–water partition coefficient (Wildman–Crippen LogP) is 8.57. The summed E-state index contributed by atoms with van der Waals surface area (Å²) in [4.78, 5) is 0. The predicted molar refractivity (Wildman–Crippen MR) is 124 cm³/mol. The normalized spacial score (nSPS) is 46.3. The minimum atomic E-state index is -1.72. The summed E-state index contributed by atoms with van der Waals surface area (Å²) in [5.74, 6) is 3.11. The summed E-state index contributed by atoms with van der Waals surface area (Å²) in [5, 5.41) is 0. The third kappa shape index (κ3) is 5.07. The third-order valence-electron chi connectivity index (χ3n) is 9.80. The van der Waals surface area contributed by atoms with Crippen LogP contribution >= 0.6 is 0 Å². The van der Waals surface area contributed by atoms with Crippen molar-refractivity contribution in [1.29, 1.82) is 0 Å². The number of halogens is 2. The highest BCUT2D eigenvalue weighted by Gasteiger charge is 2.65. The maximum Gasteiger partial charge on any atom is 0.236 e. The van der Waals surface area contributed by atoms with Gasteiger partial charge in [0, 0.05) is 5.92 Å². The second-order valence-corrected chi connectivity index (χ2v) is 11.5. The Balaban J connectivity index is 1.26. The molecule has 0 aromatic rings. The van der Waals surface area contributed by atoms with Gasteiger partial charge in [0.15, 0.2) is 5.67 Å². The number of unbranched alkanes of at least 4 members (excludes halogenated alkanes) is 2. The minimum Gasteiger partial charge on any atom is -0.338 e. The van der Waals surface area contributed by atoms with Crippen molar-refractivity contribution in [1.82, 2.24) is 0 Å². The topological polar surface area (TPSA) is 9.23 Å². The van der Waals surface area contributed by atoms with Crippen LogP contribution in [-0.2, 0) is 4.74 Å². The molecule has 0 aromatic carbocycles. The van der Waals surface area contributed by atoms with Gasteiger partial charge in [-0.3, -0.25) is 0 Å². The summed E-state index contributed by atoms with van der Waals surface area (Å²) >= 11 is 0. The maximum absolute atomic E-state index is 16.1. The van der Waals surface area contributed by atoms with Crippen molar-refractivity contribution < 1.29 is 13.5 Å². The summed E-state index contributed by atoms with van der Waals surface area (Å²) < 4.78 is 36.2. The molecule has 4 fully saturated rings. The highest BCUT2D eigenvalue weighted by Crippen LogP contribution is 2.55. The molecule has 178 valence electrons. The van der Waals surface area contributed by atoms with Crippen LogP contribution in [0.1, 0.15) is 110 Å². The van der Waals surface area contributed by atoms with Gasteiger partial charge in [0.1, 0.15) is 6.10 Å². The Bertz CT molecular complexity index is 555. The zero-order valence-corrected chi connectivity index (χ0v) is 19.9. The Morgan fingerprint density at radius 1 is 0.839 bits per heavy atom. The molecule has 4 rings (SSSR count). The fraction of sp³-hybridized carbons (Fsp3) is 0.929. The molecule has 3 atom stereocenters. The molecule has 0 N–H and O–H groups in total. The van der Waals surface area contributed by atoms with Crippen LogP contribution in [0, 0.1) is 35.5 Å². The fourth-order valence-electron chi connectivity index (χ4n) is 7.63. The fourth-order valence-corrected chi connectivity index (χ4v) is 7.63. The summed E-state index contributed by atoms with van der Waals surface area (Å²) in [7, 11) is 0. The van der Waals surface area contributed by atoms with Crippen molar-refractivity contribution >= 4 is 0 Å². The highest BCUT2D eigenvalue weighted by molar-refractivity contribution is 5.08. The molecule has 3 aliphatic carbocycles. The number of hydrogen-bond donors (Lipinski definition) is 0. The minimum absolute atomic E-state index is 0.135. The van der Waals surface area contributed by atoms with Gasteiger partial charge in [-0.1, -0.05) is 51.5 Å². The first-order chi connectivity index (χ1) is 15.1. The van der Waals surface area contributed by atoms with Crippen LogP contribution in [0.5, 0.6) is 0 Å². The van der Waals surface area contributed by atoms with Crippen LogP contribution in [-0.4, -0.2) is 18.1 Å². The smallest absolute Gasteiger partial charge is 0.236 e. The van der Waals surface area contributed by atoms with Crippen LogP contribution in [0.25, 0.3) is 0 Å². The van der Waals surface area contributed by atoms with Gasteiger partial charge in [0.25, 0.3) is 0 Å². The van der Waals surface area contributed by atoms with E-state index >= 15 is 4.39 Å². The molecule has 0 amide bonds. The summed E-state index contributed by atoms with van der Waals surface area (Å²) in [6, 6.07) is 0. The number of alkyl halides is 2. The van der Waals surface area contributed by atoms with Gasteiger partial charge in [0.05, 0.1) is 0 Å². The highest BCUT2D eigenvalue weighted by atomic mass is 19.2. The molecule has 0 spiro atoms. The van der Waals surface area contributed by atoms with E-state index in [1.807, 2.05) is 0 Å². The zero-order chi connectivity index (χ0) is 21.8. The van der Waals surface area contributed by atoms with Crippen LogP contribution in [0.3, 0.4) is 0 Å². The second kappa shape index (κ2) is 10.7. The molecule has 1 heterocycles. The Hall–Kier alpha value is -0.440. The molecule has 1 nitrogen and oxygen atoms in total. The average molecular weight is 437 g/mol. The molecule has 0 radical (unpaired) electrons. The Morgan fingerprint density at radius 3 is 1.97 bits per heavy atom. The van der Waals surface area contributed by atoms with Crippen molar-refractivity contribution in [3.8, 4) is 0 Å². The van der Waals surface area contributed by atoms with Gasteiger partial charge in [0.2, 0.25) is 6.36 Å². The van der Waals surface area contributed by atoms with E-state index in [0.717, 1.165) is 56.3 Å². The molecular weight excluding hydrogens is 390 g/mol. The molecular formula is C28H46F2O. The van der Waals surface area contributed by atoms with E-state index in [4.69, 9.17) is 4.74 Å². The molecule has 3 heteroatoms. The lowest BCUT2D eigenvalue weighted by molar-refractivity contribution is -0.344. The van der Waals surface area contributed by atoms with Crippen molar-refractivity contribution in [3.05, 3.63) is 12.7 Å². The second-order valence-electron chi connectivity index (χ2n) is 11.5. The summed E-state index contributed by atoms with van der Waals surface area (Å²) in [6.07, 6.45) is 18.6. The molecule has 1 aliphatic heterocycles. The van der Waals surface area contributed by atoms with E-state index in [-0.39, 0.29) is 11.8 Å². The van der Waals surface area contributed by atoms with E-state index in [1.165, 1.54) is 64.2 Å². The quantitative estimate of drug-likeness (QED) is 0.273. The van der Waals surface area contributed by atoms with Gasteiger partial charge in [-0.2, -0.15) is 0 Å². The van der Waals surface area contributed by atoms with Crippen molar-refractivity contribution in [2.75, 3.05) is 0 Å². The largest absolute Gasteiger partial charge is 0.338 e. The number of allylic oxidation sites excluding steroid dienone is 1. The van der Waals surface area contributed by atoms with E-state index in [9.17, 15) is 4.39 Å². The Labute approximate surface area is 189 Å². The third-order valence-corrected chi connectivity index (χ3v) is 9.80. The van der Waals surface area contributed by atoms with Crippen LogP contribution < -0.4 is 0 Å². The summed E-state index contributed by atoms with van der Waals surface area (Å²) in [6.45, 7) is 6.21. The van der Waals surface area contributed by atoms with Crippen LogP contribution in [0.2, 0.25) is 0 Å². The van der Waals surface area contributed by atoms with Crippen molar-refractivity contribution in [2.24, 2.45) is 35.5 Å². The van der Waals surface area contributed by atoms with Gasteiger partial charge in [-0.25, -0.2) is 8.78 Å². The van der Waals surface area contributed by atoms with Gasteiger partial charge in [-0.15, -0.1) is 6.58 Å². The first-order valence-corrected chi connectivity index (χ1v) is 13.7. The lowest BCUT2D eigenvalue weighted by Gasteiger charge is -2.55. The lowest BCUT2D eigenvalue weighted by atomic mass is 9.62. The Morgan fingerprint density at radius 2 is 1.42 bits per heavy atom. The molecule has 0 aromatic heterocycles. The number of ether oxygens (including phenoxy) is 1. The van der Waals surface area contributed by atoms with Gasteiger partial charge < -0.3 is 4.74 Å². The van der Waals surface area contributed by atoms with Gasteiger partial charge >= 0.3 is 0 Å². The first-order valence-electron chi connectivity index (χ1n) is 13.7. The van der Waals surface area contributed by atoms with Gasteiger partial charge in [-0.05, 0) is 93.8 Å². The Kier molecular flexibility index (Phi) is 8.15. The average Bonchev–Trinajstić information content (AvgIpc) is 2.83. The lowest BCUT2D eigenvalue weighted by Crippen LogP contribution is -2.67. The number of hydrogen-bond acceptors (Lipinski definition) is 1. The number of rotatable bonds is 8. The molecule has 4 aliphatic rings. The standard InChI is InChI=1S/C28H46F2O/c1-3-5-6-7-21-10-14-24(15-11-21)26-28(30,27(29)31-26)25-18-16-23(17-19-25)22-12-8-20(4-2)9-13-22/h4,20-27H,2-3,5-19H2,1H3/t20?,21?,22?,23?,24?,25?,26?,27-,28+/m0/s1.